The van der Waals surface area contributed by atoms with Crippen LogP contribution in [-0.4, -0.2) is 12.5 Å². The van der Waals surface area contributed by atoms with E-state index in [4.69, 9.17) is 11.6 Å². The molecule has 0 aromatic heterocycles. The van der Waals surface area contributed by atoms with Crippen LogP contribution >= 0.6 is 11.6 Å². The van der Waals surface area contributed by atoms with E-state index in [1.54, 1.807) is 12.1 Å². The Hall–Kier alpha value is -1.09. The van der Waals surface area contributed by atoms with Gasteiger partial charge in [0.25, 0.3) is 0 Å². The molecule has 0 heterocycles. The Morgan fingerprint density at radius 2 is 2.22 bits per heavy atom. The van der Waals surface area contributed by atoms with Gasteiger partial charge in [0.1, 0.15) is 5.82 Å². The molecule has 1 saturated carbocycles. The maximum Gasteiger partial charge on any atom is 0.230 e. The lowest BCUT2D eigenvalue weighted by Gasteiger charge is -2.16. The molecule has 1 aromatic rings. The van der Waals surface area contributed by atoms with Crippen molar-refractivity contribution in [3.8, 4) is 0 Å². The number of rotatable bonds is 5. The van der Waals surface area contributed by atoms with Crippen molar-refractivity contribution in [2.24, 2.45) is 0 Å². The van der Waals surface area contributed by atoms with E-state index < -0.39 is 5.41 Å². The van der Waals surface area contributed by atoms with Crippen LogP contribution in [0, 0.1) is 5.82 Å². The zero-order valence-electron chi connectivity index (χ0n) is 10.4. The fourth-order valence-corrected chi connectivity index (χ4v) is 2.33. The number of nitrogens with one attached hydrogen (secondary N) is 1. The van der Waals surface area contributed by atoms with E-state index in [-0.39, 0.29) is 11.7 Å². The van der Waals surface area contributed by atoms with Crippen LogP contribution in [0.5, 0.6) is 0 Å². The number of carbonyl (C=O) groups is 1. The number of hydrogen-bond acceptors (Lipinski definition) is 1. The van der Waals surface area contributed by atoms with Crippen molar-refractivity contribution in [2.45, 2.75) is 38.0 Å². The van der Waals surface area contributed by atoms with E-state index in [0.717, 1.165) is 12.8 Å². The van der Waals surface area contributed by atoms with Crippen LogP contribution in [0.25, 0.3) is 0 Å². The van der Waals surface area contributed by atoms with Crippen LogP contribution in [0.2, 0.25) is 5.02 Å². The second-order valence-electron chi connectivity index (χ2n) is 4.82. The zero-order valence-corrected chi connectivity index (χ0v) is 11.2. The average Bonchev–Trinajstić information content (AvgIpc) is 3.10. The second kappa shape index (κ2) is 5.27. The third-order valence-corrected chi connectivity index (χ3v) is 3.68. The van der Waals surface area contributed by atoms with Crippen molar-refractivity contribution in [1.29, 1.82) is 0 Å². The SMILES string of the molecule is CCCCNC(=O)C1(c2ccc(Cl)cc2F)CC1. The van der Waals surface area contributed by atoms with E-state index >= 15 is 0 Å². The van der Waals surface area contributed by atoms with Crippen molar-refractivity contribution in [2.75, 3.05) is 6.54 Å². The first-order valence-electron chi connectivity index (χ1n) is 6.34. The monoisotopic (exact) mass is 269 g/mol. The Labute approximate surface area is 112 Å². The van der Waals surface area contributed by atoms with E-state index in [0.29, 0.717) is 30.0 Å². The van der Waals surface area contributed by atoms with Gasteiger partial charge in [-0.05, 0) is 31.4 Å². The summed E-state index contributed by atoms with van der Waals surface area (Å²) >= 11 is 5.73. The van der Waals surface area contributed by atoms with Gasteiger partial charge >= 0.3 is 0 Å². The van der Waals surface area contributed by atoms with Gasteiger partial charge in [-0.25, -0.2) is 4.39 Å². The van der Waals surface area contributed by atoms with Gasteiger partial charge in [0, 0.05) is 17.1 Å². The topological polar surface area (TPSA) is 29.1 Å². The number of benzene rings is 1. The summed E-state index contributed by atoms with van der Waals surface area (Å²) < 4.78 is 13.9. The van der Waals surface area contributed by atoms with Crippen LogP contribution in [0.4, 0.5) is 4.39 Å². The lowest BCUT2D eigenvalue weighted by Crippen LogP contribution is -2.35. The molecule has 1 aliphatic rings. The highest BCUT2D eigenvalue weighted by molar-refractivity contribution is 6.30. The smallest absolute Gasteiger partial charge is 0.230 e. The summed E-state index contributed by atoms with van der Waals surface area (Å²) in [7, 11) is 0. The van der Waals surface area contributed by atoms with Crippen LogP contribution in [0.1, 0.15) is 38.2 Å². The van der Waals surface area contributed by atoms with E-state index in [9.17, 15) is 9.18 Å². The molecule has 98 valence electrons. The van der Waals surface area contributed by atoms with Crippen molar-refractivity contribution in [1.82, 2.24) is 5.32 Å². The Kier molecular flexibility index (Phi) is 3.91. The highest BCUT2D eigenvalue weighted by Crippen LogP contribution is 2.49. The Morgan fingerprint density at radius 1 is 1.50 bits per heavy atom. The fraction of sp³-hybridized carbons (Fsp3) is 0.500. The maximum absolute atomic E-state index is 13.9. The number of hydrogen-bond donors (Lipinski definition) is 1. The van der Waals surface area contributed by atoms with Gasteiger partial charge in [0.15, 0.2) is 0 Å². The van der Waals surface area contributed by atoms with Crippen molar-refractivity contribution in [3.05, 3.63) is 34.6 Å². The minimum absolute atomic E-state index is 0.0582. The Morgan fingerprint density at radius 3 is 2.78 bits per heavy atom. The van der Waals surface area contributed by atoms with Crippen molar-refractivity contribution in [3.63, 3.8) is 0 Å². The number of halogens is 2. The normalized spacial score (nSPS) is 16.4. The first-order chi connectivity index (χ1) is 8.60. The molecule has 2 nitrogen and oxygen atoms in total. The predicted octanol–water partition coefficient (Wildman–Crippen LogP) is 3.43. The molecular formula is C14H17ClFNO. The van der Waals surface area contributed by atoms with E-state index in [2.05, 4.69) is 12.2 Å². The summed E-state index contributed by atoms with van der Waals surface area (Å²) in [6, 6.07) is 4.54. The first-order valence-corrected chi connectivity index (χ1v) is 6.72. The van der Waals surface area contributed by atoms with Gasteiger partial charge in [-0.15, -0.1) is 0 Å². The van der Waals surface area contributed by atoms with Gasteiger partial charge in [-0.2, -0.15) is 0 Å². The molecule has 0 saturated heterocycles. The molecule has 1 aliphatic carbocycles. The van der Waals surface area contributed by atoms with E-state index in [1.165, 1.54) is 6.07 Å². The number of unbranched alkanes of at least 4 members (excludes halogenated alkanes) is 1. The number of amides is 1. The maximum atomic E-state index is 13.9. The third kappa shape index (κ3) is 2.51. The molecule has 4 heteroatoms. The number of carbonyl (C=O) groups excluding carboxylic acids is 1. The lowest BCUT2D eigenvalue weighted by atomic mass is 9.94. The molecule has 2 rings (SSSR count). The zero-order chi connectivity index (χ0) is 13.2. The summed E-state index contributed by atoms with van der Waals surface area (Å²) in [4.78, 5) is 12.1. The second-order valence-corrected chi connectivity index (χ2v) is 5.25. The molecule has 0 unspecified atom stereocenters. The summed E-state index contributed by atoms with van der Waals surface area (Å²) in [5.41, 5.74) is -0.177. The molecule has 0 atom stereocenters. The molecule has 0 aliphatic heterocycles. The largest absolute Gasteiger partial charge is 0.355 e. The summed E-state index contributed by atoms with van der Waals surface area (Å²) in [6.07, 6.45) is 3.40. The minimum atomic E-state index is -0.650. The molecule has 1 amide bonds. The predicted molar refractivity (Wildman–Crippen MR) is 70.2 cm³/mol. The molecule has 0 radical (unpaired) electrons. The highest BCUT2D eigenvalue weighted by atomic mass is 35.5. The van der Waals surface area contributed by atoms with Crippen LogP contribution in [0.3, 0.4) is 0 Å². The van der Waals surface area contributed by atoms with Crippen LogP contribution in [-0.2, 0) is 10.2 Å². The van der Waals surface area contributed by atoms with E-state index in [1.807, 2.05) is 0 Å². The molecular weight excluding hydrogens is 253 g/mol. The quantitative estimate of drug-likeness (QED) is 0.816. The van der Waals surface area contributed by atoms with Gasteiger partial charge in [0.2, 0.25) is 5.91 Å². The molecule has 1 aromatic carbocycles. The Bertz CT molecular complexity index is 457. The van der Waals surface area contributed by atoms with Gasteiger partial charge in [0.05, 0.1) is 5.41 Å². The highest BCUT2D eigenvalue weighted by Gasteiger charge is 2.52. The summed E-state index contributed by atoms with van der Waals surface area (Å²) in [5.74, 6) is -0.442. The summed E-state index contributed by atoms with van der Waals surface area (Å²) in [5, 5.41) is 3.25. The molecule has 0 spiro atoms. The molecule has 1 fully saturated rings. The van der Waals surface area contributed by atoms with Gasteiger partial charge in [-0.3, -0.25) is 4.79 Å². The van der Waals surface area contributed by atoms with Crippen LogP contribution in [0.15, 0.2) is 18.2 Å². The van der Waals surface area contributed by atoms with Gasteiger partial charge < -0.3 is 5.32 Å². The standard InChI is InChI=1S/C14H17ClFNO/c1-2-3-8-17-13(18)14(6-7-14)11-5-4-10(15)9-12(11)16/h4-5,9H,2-3,6-8H2,1H3,(H,17,18). The minimum Gasteiger partial charge on any atom is -0.355 e. The van der Waals surface area contributed by atoms with Crippen LogP contribution < -0.4 is 5.32 Å². The fourth-order valence-electron chi connectivity index (χ4n) is 2.17. The van der Waals surface area contributed by atoms with Gasteiger partial charge in [-0.1, -0.05) is 31.0 Å². The first kappa shape index (κ1) is 13.3. The van der Waals surface area contributed by atoms with Crippen molar-refractivity contribution < 1.29 is 9.18 Å². The molecule has 0 bridgehead atoms. The van der Waals surface area contributed by atoms with Crippen molar-refractivity contribution >= 4 is 17.5 Å². The summed E-state index contributed by atoms with van der Waals surface area (Å²) in [6.45, 7) is 2.73. The third-order valence-electron chi connectivity index (χ3n) is 3.45. The lowest BCUT2D eigenvalue weighted by molar-refractivity contribution is -0.123. The average molecular weight is 270 g/mol. The molecule has 18 heavy (non-hydrogen) atoms. The molecule has 1 N–H and O–H groups in total. The Balaban J connectivity index is 2.13.